The van der Waals surface area contributed by atoms with E-state index < -0.39 is 5.63 Å². The van der Waals surface area contributed by atoms with Crippen LogP contribution in [0.1, 0.15) is 13.8 Å². The Morgan fingerprint density at radius 3 is 2.75 bits per heavy atom. The molecule has 3 rings (SSSR count). The normalized spacial score (nSPS) is 11.9. The molecule has 0 bridgehead atoms. The van der Waals surface area contributed by atoms with E-state index in [9.17, 15) is 4.79 Å². The van der Waals surface area contributed by atoms with Gasteiger partial charge in [0.1, 0.15) is 16.9 Å². The first-order valence-corrected chi connectivity index (χ1v) is 6.42. The third-order valence-corrected chi connectivity index (χ3v) is 2.96. The van der Waals surface area contributed by atoms with Crippen molar-refractivity contribution in [3.8, 4) is 5.75 Å². The van der Waals surface area contributed by atoms with Gasteiger partial charge in [0.05, 0.1) is 23.3 Å². The second kappa shape index (κ2) is 4.89. The van der Waals surface area contributed by atoms with E-state index in [0.29, 0.717) is 22.8 Å². The summed E-state index contributed by atoms with van der Waals surface area (Å²) in [4.78, 5) is 11.3. The van der Waals surface area contributed by atoms with E-state index in [0.717, 1.165) is 10.8 Å². The minimum Gasteiger partial charge on any atom is -0.464 e. The fraction of sp³-hybridized carbons (Fsp3) is 0.188. The van der Waals surface area contributed by atoms with Gasteiger partial charge >= 0.3 is 5.63 Å². The topological polar surface area (TPSA) is 52.6 Å². The maximum atomic E-state index is 11.3. The van der Waals surface area contributed by atoms with Crippen molar-refractivity contribution in [2.75, 3.05) is 0 Å². The third-order valence-electron chi connectivity index (χ3n) is 2.96. The number of hydrogen-bond donors (Lipinski definition) is 0. The number of ether oxygens (including phenoxy) is 1. The molecule has 0 fully saturated rings. The molecule has 3 aromatic rings. The zero-order chi connectivity index (χ0) is 14.1. The van der Waals surface area contributed by atoms with Gasteiger partial charge in [-0.2, -0.15) is 0 Å². The zero-order valence-electron chi connectivity index (χ0n) is 11.3. The number of fused-ring (bicyclic) bond motifs is 2. The van der Waals surface area contributed by atoms with Crippen molar-refractivity contribution < 1.29 is 13.6 Å². The van der Waals surface area contributed by atoms with E-state index in [-0.39, 0.29) is 0 Å². The molecule has 0 N–H and O–H groups in total. The Kier molecular flexibility index (Phi) is 3.06. The van der Waals surface area contributed by atoms with Crippen LogP contribution in [0.5, 0.6) is 5.75 Å². The number of hydrogen-bond acceptors (Lipinski definition) is 4. The van der Waals surface area contributed by atoms with Crippen LogP contribution in [0.2, 0.25) is 0 Å². The Morgan fingerprint density at radius 2 is 1.95 bits per heavy atom. The van der Waals surface area contributed by atoms with Crippen LogP contribution in [0.3, 0.4) is 0 Å². The van der Waals surface area contributed by atoms with E-state index >= 15 is 0 Å². The van der Waals surface area contributed by atoms with Crippen molar-refractivity contribution in [1.82, 2.24) is 0 Å². The van der Waals surface area contributed by atoms with Gasteiger partial charge < -0.3 is 13.6 Å². The molecule has 0 radical (unpaired) electrons. The number of rotatable bonds is 3. The van der Waals surface area contributed by atoms with E-state index in [4.69, 9.17) is 13.6 Å². The van der Waals surface area contributed by atoms with Crippen LogP contribution in [0, 0.1) is 5.92 Å². The van der Waals surface area contributed by atoms with Crippen LogP contribution >= 0.6 is 0 Å². The average Bonchev–Trinajstić information content (AvgIpc) is 2.85. The predicted molar refractivity (Wildman–Crippen MR) is 76.9 cm³/mol. The van der Waals surface area contributed by atoms with Crippen molar-refractivity contribution >= 4 is 21.9 Å². The SMILES string of the molecule is CC(C)C=COc1c2ccoc2cc2oc(=O)ccc12. The Morgan fingerprint density at radius 1 is 1.15 bits per heavy atom. The quantitative estimate of drug-likeness (QED) is 0.531. The molecule has 4 heteroatoms. The van der Waals surface area contributed by atoms with Gasteiger partial charge in [0.2, 0.25) is 0 Å². The minimum atomic E-state index is -0.396. The van der Waals surface area contributed by atoms with Crippen molar-refractivity contribution in [2.24, 2.45) is 5.92 Å². The molecule has 0 aliphatic heterocycles. The molecule has 0 unspecified atom stereocenters. The summed E-state index contributed by atoms with van der Waals surface area (Å²) in [7, 11) is 0. The average molecular weight is 270 g/mol. The molecule has 102 valence electrons. The molecular formula is C16H14O4. The lowest BCUT2D eigenvalue weighted by atomic mass is 10.1. The van der Waals surface area contributed by atoms with E-state index in [1.165, 1.54) is 6.07 Å². The van der Waals surface area contributed by atoms with Gasteiger partial charge in [-0.15, -0.1) is 0 Å². The van der Waals surface area contributed by atoms with Crippen molar-refractivity contribution in [1.29, 1.82) is 0 Å². The molecule has 0 amide bonds. The van der Waals surface area contributed by atoms with E-state index in [1.807, 2.05) is 12.1 Å². The lowest BCUT2D eigenvalue weighted by Crippen LogP contribution is -1.95. The summed E-state index contributed by atoms with van der Waals surface area (Å²) < 4.78 is 16.3. The smallest absolute Gasteiger partial charge is 0.336 e. The van der Waals surface area contributed by atoms with Gasteiger partial charge in [0.15, 0.2) is 0 Å². The summed E-state index contributed by atoms with van der Waals surface area (Å²) in [5.41, 5.74) is 0.680. The molecule has 0 aliphatic rings. The molecule has 0 aliphatic carbocycles. The number of furan rings is 1. The first kappa shape index (κ1) is 12.5. The second-order valence-electron chi connectivity index (χ2n) is 4.89. The largest absolute Gasteiger partial charge is 0.464 e. The molecule has 0 saturated carbocycles. The maximum absolute atomic E-state index is 11.3. The maximum Gasteiger partial charge on any atom is 0.336 e. The molecule has 0 atom stereocenters. The van der Waals surface area contributed by atoms with Gasteiger partial charge in [0, 0.05) is 12.1 Å². The van der Waals surface area contributed by atoms with Gasteiger partial charge in [0.25, 0.3) is 0 Å². The summed E-state index contributed by atoms with van der Waals surface area (Å²) in [6.45, 7) is 4.13. The summed E-state index contributed by atoms with van der Waals surface area (Å²) in [6, 6.07) is 6.61. The number of allylic oxidation sites excluding steroid dienone is 1. The minimum absolute atomic E-state index is 0.391. The van der Waals surface area contributed by atoms with E-state index in [2.05, 4.69) is 13.8 Å². The Hall–Kier alpha value is -2.49. The molecule has 4 nitrogen and oxygen atoms in total. The fourth-order valence-electron chi connectivity index (χ4n) is 2.00. The fourth-order valence-corrected chi connectivity index (χ4v) is 2.00. The van der Waals surface area contributed by atoms with Crippen LogP contribution in [0.15, 0.2) is 56.5 Å². The lowest BCUT2D eigenvalue weighted by Gasteiger charge is -2.06. The summed E-state index contributed by atoms with van der Waals surface area (Å²) in [6.07, 6.45) is 5.18. The van der Waals surface area contributed by atoms with Crippen molar-refractivity contribution in [2.45, 2.75) is 13.8 Å². The second-order valence-corrected chi connectivity index (χ2v) is 4.89. The highest BCUT2D eigenvalue weighted by molar-refractivity contribution is 6.01. The predicted octanol–water partition coefficient (Wildman–Crippen LogP) is 4.09. The van der Waals surface area contributed by atoms with Gasteiger partial charge in [-0.1, -0.05) is 13.8 Å². The van der Waals surface area contributed by atoms with Crippen LogP contribution in [0.25, 0.3) is 21.9 Å². The monoisotopic (exact) mass is 270 g/mol. The van der Waals surface area contributed by atoms with E-state index in [1.54, 1.807) is 24.7 Å². The first-order valence-electron chi connectivity index (χ1n) is 6.42. The Labute approximate surface area is 115 Å². The van der Waals surface area contributed by atoms with Crippen LogP contribution < -0.4 is 10.4 Å². The van der Waals surface area contributed by atoms with Gasteiger partial charge in [-0.25, -0.2) is 4.79 Å². The first-order chi connectivity index (χ1) is 9.65. The lowest BCUT2D eigenvalue weighted by molar-refractivity contribution is 0.483. The molecule has 20 heavy (non-hydrogen) atoms. The highest BCUT2D eigenvalue weighted by Crippen LogP contribution is 2.35. The third kappa shape index (κ3) is 2.20. The van der Waals surface area contributed by atoms with Crippen LogP contribution in [-0.4, -0.2) is 0 Å². The zero-order valence-corrected chi connectivity index (χ0v) is 11.3. The Balaban J connectivity index is 2.23. The van der Waals surface area contributed by atoms with Gasteiger partial charge in [-0.05, 0) is 24.1 Å². The van der Waals surface area contributed by atoms with Crippen molar-refractivity contribution in [3.05, 3.63) is 53.3 Å². The van der Waals surface area contributed by atoms with Crippen LogP contribution in [0.4, 0.5) is 0 Å². The Bertz CT molecular complexity index is 836. The molecule has 0 saturated heterocycles. The highest BCUT2D eigenvalue weighted by Gasteiger charge is 2.12. The standard InChI is InChI=1S/C16H14O4/c1-10(2)5-7-19-16-11-3-4-15(17)20-14(11)9-13-12(16)6-8-18-13/h3-10H,1-2H3. The summed E-state index contributed by atoms with van der Waals surface area (Å²) in [5, 5.41) is 1.59. The summed E-state index contributed by atoms with van der Waals surface area (Å²) >= 11 is 0. The molecule has 2 heterocycles. The molecular weight excluding hydrogens is 256 g/mol. The number of benzene rings is 1. The molecule has 2 aromatic heterocycles. The van der Waals surface area contributed by atoms with Crippen molar-refractivity contribution in [3.63, 3.8) is 0 Å². The highest BCUT2D eigenvalue weighted by atomic mass is 16.5. The van der Waals surface area contributed by atoms with Gasteiger partial charge in [-0.3, -0.25) is 0 Å². The summed E-state index contributed by atoms with van der Waals surface area (Å²) in [5.74, 6) is 1.02. The van der Waals surface area contributed by atoms with Crippen LogP contribution in [-0.2, 0) is 0 Å². The molecule has 1 aromatic carbocycles. The molecule has 0 spiro atoms.